The average Bonchev–Trinajstić information content (AvgIpc) is 2.49. The number of hydrogen-bond donors (Lipinski definition) is 0. The summed E-state index contributed by atoms with van der Waals surface area (Å²) in [5.41, 5.74) is 1.02. The fourth-order valence-corrected chi connectivity index (χ4v) is 1.56. The molecule has 0 spiro atoms. The fourth-order valence-electron chi connectivity index (χ4n) is 0.680. The van der Waals surface area contributed by atoms with E-state index in [-0.39, 0.29) is 5.41 Å². The molecule has 0 aliphatic heterocycles. The molecule has 0 saturated heterocycles. The van der Waals surface area contributed by atoms with Crippen LogP contribution in [0.15, 0.2) is 11.4 Å². The van der Waals surface area contributed by atoms with Crippen LogP contribution in [-0.4, -0.2) is 10.7 Å². The monoisotopic (exact) mass is 246 g/mol. The van der Waals surface area contributed by atoms with Crippen LogP contribution in [0.3, 0.4) is 0 Å². The van der Waals surface area contributed by atoms with E-state index in [1.807, 2.05) is 6.92 Å². The molecule has 0 saturated carbocycles. The Kier molecular flexibility index (Phi) is 4.11. The van der Waals surface area contributed by atoms with Crippen LogP contribution >= 0.6 is 22.9 Å². The van der Waals surface area contributed by atoms with Crippen molar-refractivity contribution >= 4 is 28.6 Å². The van der Waals surface area contributed by atoms with Crippen molar-refractivity contribution in [1.29, 1.82) is 0 Å². The summed E-state index contributed by atoms with van der Waals surface area (Å²) in [5.74, 6) is 0. The summed E-state index contributed by atoms with van der Waals surface area (Å²) in [5, 5.41) is 4.05. The van der Waals surface area contributed by atoms with E-state index < -0.39 is 0 Å². The SMILES string of the molecule is C/C(=N\OCc1cnc(Cl)s1)C(C)(C)C. The second-order valence-corrected chi connectivity index (χ2v) is 5.98. The maximum atomic E-state index is 5.69. The summed E-state index contributed by atoms with van der Waals surface area (Å²) >= 11 is 7.10. The lowest BCUT2D eigenvalue weighted by atomic mass is 9.91. The van der Waals surface area contributed by atoms with E-state index in [1.54, 1.807) is 6.20 Å². The molecule has 1 rings (SSSR count). The molecule has 1 aromatic rings. The summed E-state index contributed by atoms with van der Waals surface area (Å²) in [7, 11) is 0. The predicted molar refractivity (Wildman–Crippen MR) is 64.5 cm³/mol. The van der Waals surface area contributed by atoms with Crippen molar-refractivity contribution in [3.8, 4) is 0 Å². The van der Waals surface area contributed by atoms with Gasteiger partial charge in [0.1, 0.15) is 0 Å². The quantitative estimate of drug-likeness (QED) is 0.602. The summed E-state index contributed by atoms with van der Waals surface area (Å²) in [6.07, 6.45) is 1.70. The number of thiazole rings is 1. The number of oxime groups is 1. The lowest BCUT2D eigenvalue weighted by molar-refractivity contribution is 0.129. The summed E-state index contributed by atoms with van der Waals surface area (Å²) in [6.45, 7) is 8.67. The molecule has 0 atom stereocenters. The second kappa shape index (κ2) is 4.94. The minimum absolute atomic E-state index is 0.0470. The van der Waals surface area contributed by atoms with E-state index in [1.165, 1.54) is 11.3 Å². The first-order valence-electron chi connectivity index (χ1n) is 4.67. The first-order chi connectivity index (χ1) is 6.89. The molecule has 5 heteroatoms. The van der Waals surface area contributed by atoms with Gasteiger partial charge in [-0.25, -0.2) is 4.98 Å². The van der Waals surface area contributed by atoms with Crippen LogP contribution in [0.4, 0.5) is 0 Å². The molecule has 0 unspecified atom stereocenters. The van der Waals surface area contributed by atoms with Crippen LogP contribution in [0.5, 0.6) is 0 Å². The van der Waals surface area contributed by atoms with Crippen LogP contribution in [0.1, 0.15) is 32.6 Å². The lowest BCUT2D eigenvalue weighted by Gasteiger charge is -2.16. The molecule has 0 aliphatic rings. The molecule has 0 bridgehead atoms. The normalized spacial score (nSPS) is 13.0. The molecule has 84 valence electrons. The van der Waals surface area contributed by atoms with Crippen molar-refractivity contribution in [2.24, 2.45) is 10.6 Å². The molecule has 1 heterocycles. The first-order valence-corrected chi connectivity index (χ1v) is 5.86. The Balaban J connectivity index is 2.45. The topological polar surface area (TPSA) is 34.5 Å². The minimum Gasteiger partial charge on any atom is -0.390 e. The Morgan fingerprint density at radius 2 is 2.27 bits per heavy atom. The van der Waals surface area contributed by atoms with Gasteiger partial charge >= 0.3 is 0 Å². The van der Waals surface area contributed by atoms with Crippen molar-refractivity contribution in [3.63, 3.8) is 0 Å². The van der Waals surface area contributed by atoms with Gasteiger partial charge in [0.05, 0.1) is 10.6 Å². The molecule has 0 aromatic carbocycles. The number of aromatic nitrogens is 1. The van der Waals surface area contributed by atoms with E-state index >= 15 is 0 Å². The Morgan fingerprint density at radius 1 is 1.60 bits per heavy atom. The van der Waals surface area contributed by atoms with Gasteiger partial charge in [-0.15, -0.1) is 11.3 Å². The van der Waals surface area contributed by atoms with E-state index in [9.17, 15) is 0 Å². The Morgan fingerprint density at radius 3 is 2.73 bits per heavy atom. The number of hydrogen-bond acceptors (Lipinski definition) is 4. The lowest BCUT2D eigenvalue weighted by Crippen LogP contribution is -2.16. The molecule has 0 N–H and O–H groups in total. The summed E-state index contributed by atoms with van der Waals surface area (Å²) in [6, 6.07) is 0. The van der Waals surface area contributed by atoms with Crippen molar-refractivity contribution in [2.75, 3.05) is 0 Å². The predicted octanol–water partition coefficient (Wildman–Crippen LogP) is 3.74. The van der Waals surface area contributed by atoms with Gasteiger partial charge in [-0.05, 0) is 6.92 Å². The van der Waals surface area contributed by atoms with Crippen LogP contribution in [0, 0.1) is 5.41 Å². The highest BCUT2D eigenvalue weighted by atomic mass is 35.5. The van der Waals surface area contributed by atoms with Crippen LogP contribution < -0.4 is 0 Å². The molecular formula is C10H15ClN2OS. The van der Waals surface area contributed by atoms with E-state index in [2.05, 4.69) is 30.9 Å². The summed E-state index contributed by atoms with van der Waals surface area (Å²) in [4.78, 5) is 10.1. The zero-order chi connectivity index (χ0) is 11.5. The van der Waals surface area contributed by atoms with Crippen LogP contribution in [0.2, 0.25) is 4.47 Å². The third-order valence-electron chi connectivity index (χ3n) is 2.02. The van der Waals surface area contributed by atoms with Crippen molar-refractivity contribution < 1.29 is 4.84 Å². The highest BCUT2D eigenvalue weighted by molar-refractivity contribution is 7.15. The van der Waals surface area contributed by atoms with Crippen LogP contribution in [-0.2, 0) is 11.4 Å². The van der Waals surface area contributed by atoms with Gasteiger partial charge in [0, 0.05) is 11.6 Å². The maximum Gasteiger partial charge on any atom is 0.183 e. The molecule has 0 fully saturated rings. The molecule has 3 nitrogen and oxygen atoms in total. The third-order valence-corrected chi connectivity index (χ3v) is 3.11. The smallest absolute Gasteiger partial charge is 0.183 e. The van der Waals surface area contributed by atoms with Crippen LogP contribution in [0.25, 0.3) is 0 Å². The fraction of sp³-hybridized carbons (Fsp3) is 0.600. The second-order valence-electron chi connectivity index (χ2n) is 4.28. The molecule has 1 aromatic heterocycles. The largest absolute Gasteiger partial charge is 0.390 e. The Labute approximate surface area is 99.1 Å². The Bertz CT molecular complexity index is 355. The van der Waals surface area contributed by atoms with E-state index in [0.717, 1.165) is 10.6 Å². The maximum absolute atomic E-state index is 5.69. The molecular weight excluding hydrogens is 232 g/mol. The van der Waals surface area contributed by atoms with Gasteiger partial charge < -0.3 is 4.84 Å². The number of rotatable bonds is 3. The highest BCUT2D eigenvalue weighted by Crippen LogP contribution is 2.19. The van der Waals surface area contributed by atoms with Gasteiger partial charge in [-0.1, -0.05) is 37.5 Å². The summed E-state index contributed by atoms with van der Waals surface area (Å²) < 4.78 is 0.533. The zero-order valence-electron chi connectivity index (χ0n) is 9.37. The standard InChI is InChI=1S/C10H15ClN2OS/c1-7(10(2,3)4)13-14-6-8-5-12-9(11)15-8/h5H,6H2,1-4H3/b13-7+. The van der Waals surface area contributed by atoms with E-state index in [0.29, 0.717) is 11.1 Å². The average molecular weight is 247 g/mol. The van der Waals surface area contributed by atoms with Gasteiger partial charge in [0.2, 0.25) is 0 Å². The van der Waals surface area contributed by atoms with Crippen molar-refractivity contribution in [1.82, 2.24) is 4.98 Å². The van der Waals surface area contributed by atoms with Gasteiger partial charge in [-0.3, -0.25) is 0 Å². The van der Waals surface area contributed by atoms with Crippen molar-refractivity contribution in [2.45, 2.75) is 34.3 Å². The molecule has 0 radical (unpaired) electrons. The molecule has 0 amide bonds. The van der Waals surface area contributed by atoms with Gasteiger partial charge in [0.15, 0.2) is 11.1 Å². The van der Waals surface area contributed by atoms with Crippen molar-refractivity contribution in [3.05, 3.63) is 15.5 Å². The minimum atomic E-state index is 0.0470. The van der Waals surface area contributed by atoms with Gasteiger partial charge in [0.25, 0.3) is 0 Å². The van der Waals surface area contributed by atoms with Gasteiger partial charge in [-0.2, -0.15) is 0 Å². The molecule has 15 heavy (non-hydrogen) atoms. The first kappa shape index (κ1) is 12.5. The third kappa shape index (κ3) is 4.18. The molecule has 0 aliphatic carbocycles. The zero-order valence-corrected chi connectivity index (χ0v) is 10.9. The number of nitrogens with zero attached hydrogens (tertiary/aromatic N) is 2. The highest BCUT2D eigenvalue weighted by Gasteiger charge is 2.14. The Hall–Kier alpha value is -0.610. The number of halogens is 1. The van der Waals surface area contributed by atoms with E-state index in [4.69, 9.17) is 16.4 Å².